The summed E-state index contributed by atoms with van der Waals surface area (Å²) >= 11 is 0. The lowest BCUT2D eigenvalue weighted by Crippen LogP contribution is -2.62. The summed E-state index contributed by atoms with van der Waals surface area (Å²) in [5, 5.41) is 22.1. The second-order valence-electron chi connectivity index (χ2n) is 4.72. The van der Waals surface area contributed by atoms with Gasteiger partial charge in [0.25, 0.3) is 0 Å². The van der Waals surface area contributed by atoms with E-state index in [0.29, 0.717) is 0 Å². The Balaban J connectivity index is 4.75. The van der Waals surface area contributed by atoms with E-state index in [9.17, 15) is 14.4 Å². The fourth-order valence-electron chi connectivity index (χ4n) is 1.31. The number of aliphatic carboxylic acids is 1. The molecule has 0 aromatic carbocycles. The third-order valence-electron chi connectivity index (χ3n) is 3.06. The summed E-state index contributed by atoms with van der Waals surface area (Å²) in [6.07, 6.45) is -0.127. The highest BCUT2D eigenvalue weighted by Crippen LogP contribution is 2.15. The summed E-state index contributed by atoms with van der Waals surface area (Å²) in [4.78, 5) is 33.9. The van der Waals surface area contributed by atoms with Crippen LogP contribution in [0.2, 0.25) is 0 Å². The first-order valence-corrected chi connectivity index (χ1v) is 5.87. The summed E-state index contributed by atoms with van der Waals surface area (Å²) in [5.41, 5.74) is 3.95. The van der Waals surface area contributed by atoms with Crippen molar-refractivity contribution >= 4 is 17.9 Å². The van der Waals surface area contributed by atoms with Crippen molar-refractivity contribution < 1.29 is 24.6 Å². The van der Waals surface area contributed by atoms with Crippen LogP contribution in [0.15, 0.2) is 0 Å². The average Bonchev–Trinajstić information content (AvgIpc) is 2.27. The molecule has 1 unspecified atom stereocenters. The second-order valence-corrected chi connectivity index (χ2v) is 4.72. The average molecular weight is 275 g/mol. The van der Waals surface area contributed by atoms with Crippen molar-refractivity contribution in [3.8, 4) is 0 Å². The molecule has 19 heavy (non-hydrogen) atoms. The molecule has 0 aliphatic rings. The lowest BCUT2D eigenvalue weighted by atomic mass is 9.88. The van der Waals surface area contributed by atoms with Gasteiger partial charge in [-0.2, -0.15) is 0 Å². The van der Waals surface area contributed by atoms with E-state index >= 15 is 0 Å². The number of primary amides is 1. The Kier molecular flexibility index (Phi) is 6.26. The molecular formula is C11H21N3O5. The number of carbonyl (C=O) groups is 3. The highest BCUT2D eigenvalue weighted by Gasteiger charge is 2.37. The molecule has 0 rings (SSSR count). The van der Waals surface area contributed by atoms with Gasteiger partial charge in [0.1, 0.15) is 11.6 Å². The molecule has 6 N–H and O–H groups in total. The van der Waals surface area contributed by atoms with Crippen molar-refractivity contribution in [1.29, 1.82) is 0 Å². The minimum Gasteiger partial charge on any atom is -0.480 e. The molecular weight excluding hydrogens is 254 g/mol. The highest BCUT2D eigenvalue weighted by molar-refractivity contribution is 5.91. The number of carboxylic acids is 1. The molecule has 0 spiro atoms. The molecule has 2 atom stereocenters. The van der Waals surface area contributed by atoms with Gasteiger partial charge < -0.3 is 26.6 Å². The molecule has 3 amide bonds. The van der Waals surface area contributed by atoms with Gasteiger partial charge in [-0.1, -0.05) is 13.8 Å². The molecule has 0 aromatic heterocycles. The van der Waals surface area contributed by atoms with Crippen LogP contribution in [0.1, 0.15) is 27.2 Å². The fraction of sp³-hybridized carbons (Fsp3) is 0.727. The van der Waals surface area contributed by atoms with Crippen LogP contribution in [0.5, 0.6) is 0 Å². The van der Waals surface area contributed by atoms with Crippen LogP contribution >= 0.6 is 0 Å². The number of amides is 3. The standard InChI is InChI=1S/C11H21N3O5/c1-6(2)11(3,9(12)18)14-10(19)13-7(4-5-15)8(16)17/h6-7,15H,4-5H2,1-3H3,(H2,12,18)(H,16,17)(H2,13,14,19)/t7-,11?/m0/s1. The number of nitrogens with two attached hydrogens (primary N) is 1. The molecule has 0 aromatic rings. The number of aliphatic hydroxyl groups is 1. The van der Waals surface area contributed by atoms with Crippen molar-refractivity contribution in [3.05, 3.63) is 0 Å². The maximum absolute atomic E-state index is 11.7. The van der Waals surface area contributed by atoms with Gasteiger partial charge in [-0.25, -0.2) is 9.59 Å². The normalized spacial score (nSPS) is 15.4. The molecule has 0 aliphatic heterocycles. The quantitative estimate of drug-likeness (QED) is 0.406. The van der Waals surface area contributed by atoms with Gasteiger partial charge in [0.2, 0.25) is 5.91 Å². The lowest BCUT2D eigenvalue weighted by Gasteiger charge is -2.31. The predicted molar refractivity (Wildman–Crippen MR) is 67.2 cm³/mol. The lowest BCUT2D eigenvalue weighted by molar-refractivity contribution is -0.139. The number of hydrogen-bond donors (Lipinski definition) is 5. The molecule has 0 saturated carbocycles. The minimum atomic E-state index is -1.29. The number of carbonyl (C=O) groups excluding carboxylic acids is 2. The summed E-state index contributed by atoms with van der Waals surface area (Å²) in [6, 6.07) is -2.05. The van der Waals surface area contributed by atoms with Gasteiger partial charge >= 0.3 is 12.0 Å². The Hall–Kier alpha value is -1.83. The topological polar surface area (TPSA) is 142 Å². The Morgan fingerprint density at radius 3 is 2.16 bits per heavy atom. The van der Waals surface area contributed by atoms with Gasteiger partial charge in [-0.05, 0) is 12.8 Å². The first-order chi connectivity index (χ1) is 8.65. The van der Waals surface area contributed by atoms with Crippen LogP contribution in [0.3, 0.4) is 0 Å². The Morgan fingerprint density at radius 2 is 1.84 bits per heavy atom. The van der Waals surface area contributed by atoms with Crippen LogP contribution in [0.4, 0.5) is 4.79 Å². The third kappa shape index (κ3) is 4.74. The van der Waals surface area contributed by atoms with Crippen molar-refractivity contribution in [2.45, 2.75) is 38.8 Å². The molecule has 0 radical (unpaired) electrons. The molecule has 8 heteroatoms. The van der Waals surface area contributed by atoms with E-state index in [1.165, 1.54) is 6.92 Å². The van der Waals surface area contributed by atoms with Crippen LogP contribution < -0.4 is 16.4 Å². The van der Waals surface area contributed by atoms with Crippen LogP contribution in [-0.2, 0) is 9.59 Å². The van der Waals surface area contributed by atoms with Crippen LogP contribution in [-0.4, -0.2) is 46.3 Å². The Bertz CT molecular complexity index is 358. The smallest absolute Gasteiger partial charge is 0.326 e. The summed E-state index contributed by atoms with van der Waals surface area (Å²) in [5.74, 6) is -2.25. The molecule has 8 nitrogen and oxygen atoms in total. The zero-order valence-electron chi connectivity index (χ0n) is 11.3. The third-order valence-corrected chi connectivity index (χ3v) is 3.06. The zero-order valence-corrected chi connectivity index (χ0v) is 11.3. The minimum absolute atomic E-state index is 0.127. The Morgan fingerprint density at radius 1 is 1.32 bits per heavy atom. The number of aliphatic hydroxyl groups excluding tert-OH is 1. The number of carboxylic acid groups (broad SMARTS) is 1. The largest absolute Gasteiger partial charge is 0.480 e. The number of hydrogen-bond acceptors (Lipinski definition) is 4. The van der Waals surface area contributed by atoms with Gasteiger partial charge in [-0.3, -0.25) is 4.79 Å². The van der Waals surface area contributed by atoms with E-state index in [4.69, 9.17) is 15.9 Å². The maximum Gasteiger partial charge on any atom is 0.326 e. The molecule has 0 bridgehead atoms. The molecule has 0 aliphatic carbocycles. The zero-order chi connectivity index (χ0) is 15.2. The first kappa shape index (κ1) is 17.2. The van der Waals surface area contributed by atoms with Crippen molar-refractivity contribution in [2.24, 2.45) is 11.7 Å². The fourth-order valence-corrected chi connectivity index (χ4v) is 1.31. The van der Waals surface area contributed by atoms with E-state index in [-0.39, 0.29) is 18.9 Å². The predicted octanol–water partition coefficient (Wildman–Crippen LogP) is -0.979. The maximum atomic E-state index is 11.7. The number of urea groups is 1. The van der Waals surface area contributed by atoms with Gasteiger partial charge in [0.05, 0.1) is 0 Å². The Labute approximate surface area is 111 Å². The first-order valence-electron chi connectivity index (χ1n) is 5.87. The van der Waals surface area contributed by atoms with Gasteiger partial charge in [0.15, 0.2) is 0 Å². The van der Waals surface area contributed by atoms with E-state index < -0.39 is 29.5 Å². The van der Waals surface area contributed by atoms with Crippen LogP contribution in [0.25, 0.3) is 0 Å². The summed E-state index contributed by atoms with van der Waals surface area (Å²) in [7, 11) is 0. The molecule has 0 heterocycles. The molecule has 0 fully saturated rings. The van der Waals surface area contributed by atoms with Crippen molar-refractivity contribution in [3.63, 3.8) is 0 Å². The SMILES string of the molecule is CC(C)C(C)(NC(=O)N[C@@H](CCO)C(=O)O)C(N)=O. The van der Waals surface area contributed by atoms with E-state index in [1.807, 2.05) is 0 Å². The van der Waals surface area contributed by atoms with E-state index in [2.05, 4.69) is 10.6 Å². The van der Waals surface area contributed by atoms with Crippen molar-refractivity contribution in [2.75, 3.05) is 6.61 Å². The number of rotatable bonds is 7. The van der Waals surface area contributed by atoms with E-state index in [0.717, 1.165) is 0 Å². The highest BCUT2D eigenvalue weighted by atomic mass is 16.4. The molecule has 110 valence electrons. The van der Waals surface area contributed by atoms with E-state index in [1.54, 1.807) is 13.8 Å². The summed E-state index contributed by atoms with van der Waals surface area (Å²) in [6.45, 7) is 4.48. The van der Waals surface area contributed by atoms with Crippen molar-refractivity contribution in [1.82, 2.24) is 10.6 Å². The summed E-state index contributed by atoms with van der Waals surface area (Å²) < 4.78 is 0. The monoisotopic (exact) mass is 275 g/mol. The van der Waals surface area contributed by atoms with Gasteiger partial charge in [0, 0.05) is 13.0 Å². The number of nitrogens with one attached hydrogen (secondary N) is 2. The second kappa shape index (κ2) is 6.93. The van der Waals surface area contributed by atoms with Crippen LogP contribution in [0, 0.1) is 5.92 Å². The molecule has 0 saturated heterocycles. The van der Waals surface area contributed by atoms with Gasteiger partial charge in [-0.15, -0.1) is 0 Å².